The second-order valence-corrected chi connectivity index (χ2v) is 7.76. The first kappa shape index (κ1) is 17.7. The molecule has 0 radical (unpaired) electrons. The summed E-state index contributed by atoms with van der Waals surface area (Å²) in [5.41, 5.74) is 7.01. The fourth-order valence-corrected chi connectivity index (χ4v) is 4.26. The first-order chi connectivity index (χ1) is 15.3. The first-order valence-corrected chi connectivity index (χ1v) is 10.4. The Morgan fingerprint density at radius 2 is 1.90 bits per heavy atom. The van der Waals surface area contributed by atoms with Crippen molar-refractivity contribution in [2.24, 2.45) is 0 Å². The van der Waals surface area contributed by atoms with Gasteiger partial charge in [0.1, 0.15) is 17.0 Å². The predicted octanol–water partition coefficient (Wildman–Crippen LogP) is 4.70. The van der Waals surface area contributed by atoms with E-state index in [1.807, 2.05) is 23.7 Å². The molecule has 0 saturated carbocycles. The molecule has 0 fully saturated rings. The van der Waals surface area contributed by atoms with Gasteiger partial charge in [0.25, 0.3) is 0 Å². The normalized spacial score (nSPS) is 11.4. The Morgan fingerprint density at radius 3 is 2.77 bits per heavy atom. The minimum absolute atomic E-state index is 0.673. The summed E-state index contributed by atoms with van der Waals surface area (Å²) < 4.78 is 5.29. The summed E-state index contributed by atoms with van der Waals surface area (Å²) in [5, 5.41) is 12.6. The third-order valence-electron chi connectivity index (χ3n) is 5.14. The molecule has 0 unspecified atom stereocenters. The molecule has 6 rings (SSSR count). The number of nitrogens with one attached hydrogen (secondary N) is 2. The van der Waals surface area contributed by atoms with Crippen LogP contribution < -0.4 is 4.74 Å². The number of methoxy groups -OCH3 is 1. The smallest absolute Gasteiger partial charge is 0.159 e. The topological polar surface area (TPSA) is 105 Å². The van der Waals surface area contributed by atoms with E-state index in [2.05, 4.69) is 41.6 Å². The molecule has 9 heteroatoms. The van der Waals surface area contributed by atoms with E-state index in [0.29, 0.717) is 11.6 Å². The number of aromatic nitrogens is 7. The van der Waals surface area contributed by atoms with Gasteiger partial charge in [0.05, 0.1) is 42.4 Å². The monoisotopic (exact) mass is 425 g/mol. The van der Waals surface area contributed by atoms with Gasteiger partial charge in [-0.3, -0.25) is 20.1 Å². The molecule has 150 valence electrons. The molecule has 6 aromatic heterocycles. The Balaban J connectivity index is 1.50. The van der Waals surface area contributed by atoms with Gasteiger partial charge in [-0.2, -0.15) is 16.4 Å². The van der Waals surface area contributed by atoms with Crippen LogP contribution in [0.2, 0.25) is 0 Å². The second-order valence-electron chi connectivity index (χ2n) is 6.98. The summed E-state index contributed by atoms with van der Waals surface area (Å²) in [6.07, 6.45) is 8.82. The molecule has 0 saturated heterocycles. The summed E-state index contributed by atoms with van der Waals surface area (Å²) in [4.78, 5) is 21.4. The van der Waals surface area contributed by atoms with Gasteiger partial charge in [-0.15, -0.1) is 0 Å². The zero-order valence-electron chi connectivity index (χ0n) is 16.3. The molecule has 31 heavy (non-hydrogen) atoms. The van der Waals surface area contributed by atoms with E-state index in [0.717, 1.165) is 50.0 Å². The van der Waals surface area contributed by atoms with Crippen molar-refractivity contribution in [3.05, 3.63) is 59.9 Å². The molecule has 0 atom stereocenters. The Labute approximate surface area is 180 Å². The van der Waals surface area contributed by atoms with E-state index >= 15 is 0 Å². The zero-order chi connectivity index (χ0) is 20.8. The van der Waals surface area contributed by atoms with Crippen LogP contribution in [-0.2, 0) is 0 Å². The van der Waals surface area contributed by atoms with Gasteiger partial charge < -0.3 is 9.72 Å². The Morgan fingerprint density at radius 1 is 0.968 bits per heavy atom. The number of ether oxygens (including phenoxy) is 1. The first-order valence-electron chi connectivity index (χ1n) is 9.50. The van der Waals surface area contributed by atoms with Gasteiger partial charge in [0.15, 0.2) is 5.82 Å². The highest BCUT2D eigenvalue weighted by atomic mass is 32.1. The van der Waals surface area contributed by atoms with Crippen molar-refractivity contribution in [1.82, 2.24) is 35.1 Å². The maximum absolute atomic E-state index is 5.29. The lowest BCUT2D eigenvalue weighted by Crippen LogP contribution is -1.89. The molecular formula is C22H15N7OS. The van der Waals surface area contributed by atoms with E-state index in [1.165, 1.54) is 0 Å². The van der Waals surface area contributed by atoms with Gasteiger partial charge in [-0.1, -0.05) is 0 Å². The molecule has 0 bridgehead atoms. The van der Waals surface area contributed by atoms with Crippen molar-refractivity contribution in [3.63, 3.8) is 0 Å². The quantitative estimate of drug-likeness (QED) is 0.424. The van der Waals surface area contributed by atoms with Gasteiger partial charge in [-0.05, 0) is 34.5 Å². The molecule has 0 aliphatic heterocycles. The number of thiophene rings is 1. The maximum atomic E-state index is 5.29. The molecule has 0 spiro atoms. The van der Waals surface area contributed by atoms with Crippen molar-refractivity contribution in [3.8, 4) is 39.7 Å². The fraction of sp³-hybridized carbons (Fsp3) is 0.0455. The molecule has 0 amide bonds. The lowest BCUT2D eigenvalue weighted by molar-refractivity contribution is 0.413. The number of imidazole rings is 1. The van der Waals surface area contributed by atoms with Gasteiger partial charge in [0, 0.05) is 28.9 Å². The summed E-state index contributed by atoms with van der Waals surface area (Å²) in [6, 6.07) is 5.95. The standard InChI is InChI=1S/C22H15N7OS/c1-30-14-4-13(6-23-7-14)17-5-15-18(10-25-17)28-29-21(15)22-26-19-9-24-8-16(20(19)27-22)12-2-3-31-11-12/h2-11H,1H3,(H,26,27)(H,28,29). The second kappa shape index (κ2) is 6.99. The van der Waals surface area contributed by atoms with Crippen molar-refractivity contribution < 1.29 is 4.74 Å². The highest BCUT2D eigenvalue weighted by Crippen LogP contribution is 2.32. The minimum atomic E-state index is 0.673. The van der Waals surface area contributed by atoms with E-state index < -0.39 is 0 Å². The highest BCUT2D eigenvalue weighted by molar-refractivity contribution is 7.08. The van der Waals surface area contributed by atoms with Crippen LogP contribution in [0.4, 0.5) is 0 Å². The van der Waals surface area contributed by atoms with Crippen molar-refractivity contribution in [2.45, 2.75) is 0 Å². The summed E-state index contributed by atoms with van der Waals surface area (Å²) in [6.45, 7) is 0. The number of nitrogens with zero attached hydrogens (tertiary/aromatic N) is 5. The van der Waals surface area contributed by atoms with Gasteiger partial charge >= 0.3 is 0 Å². The molecule has 0 aromatic carbocycles. The molecule has 8 nitrogen and oxygen atoms in total. The Bertz CT molecular complexity index is 1530. The number of aromatic amines is 2. The third-order valence-corrected chi connectivity index (χ3v) is 5.83. The molecule has 2 N–H and O–H groups in total. The number of hydrogen-bond donors (Lipinski definition) is 2. The highest BCUT2D eigenvalue weighted by Gasteiger charge is 2.16. The summed E-state index contributed by atoms with van der Waals surface area (Å²) in [5.74, 6) is 1.35. The number of fused-ring (bicyclic) bond motifs is 2. The van der Waals surface area contributed by atoms with E-state index in [-0.39, 0.29) is 0 Å². The lowest BCUT2D eigenvalue weighted by Gasteiger charge is -2.03. The number of pyridine rings is 3. The van der Waals surface area contributed by atoms with Crippen LogP contribution >= 0.6 is 11.3 Å². The maximum Gasteiger partial charge on any atom is 0.159 e. The minimum Gasteiger partial charge on any atom is -0.495 e. The SMILES string of the molecule is COc1cncc(-c2cc3c(-c4nc5c(-c6ccsc6)cncc5[nH]4)n[nH]c3cn2)c1. The van der Waals surface area contributed by atoms with Crippen LogP contribution in [0.5, 0.6) is 5.75 Å². The predicted molar refractivity (Wildman–Crippen MR) is 120 cm³/mol. The van der Waals surface area contributed by atoms with Crippen LogP contribution in [0, 0.1) is 0 Å². The number of rotatable bonds is 4. The van der Waals surface area contributed by atoms with Crippen molar-refractivity contribution in [2.75, 3.05) is 7.11 Å². The zero-order valence-corrected chi connectivity index (χ0v) is 17.1. The average molecular weight is 425 g/mol. The Kier molecular flexibility index (Phi) is 4.00. The number of H-pyrrole nitrogens is 2. The number of hydrogen-bond acceptors (Lipinski definition) is 7. The largest absolute Gasteiger partial charge is 0.495 e. The van der Waals surface area contributed by atoms with E-state index in [1.54, 1.807) is 43.2 Å². The summed E-state index contributed by atoms with van der Waals surface area (Å²) >= 11 is 1.65. The Hall–Kier alpha value is -4.11. The van der Waals surface area contributed by atoms with E-state index in [4.69, 9.17) is 9.72 Å². The van der Waals surface area contributed by atoms with Crippen LogP contribution in [0.1, 0.15) is 0 Å². The van der Waals surface area contributed by atoms with E-state index in [9.17, 15) is 0 Å². The van der Waals surface area contributed by atoms with Crippen LogP contribution in [0.25, 0.3) is 55.8 Å². The molecule has 6 heterocycles. The van der Waals surface area contributed by atoms with Gasteiger partial charge in [-0.25, -0.2) is 4.98 Å². The molecule has 6 aromatic rings. The van der Waals surface area contributed by atoms with Crippen LogP contribution in [-0.4, -0.2) is 42.2 Å². The lowest BCUT2D eigenvalue weighted by atomic mass is 10.1. The van der Waals surface area contributed by atoms with Crippen LogP contribution in [0.3, 0.4) is 0 Å². The molecular weight excluding hydrogens is 410 g/mol. The van der Waals surface area contributed by atoms with Gasteiger partial charge in [0.2, 0.25) is 0 Å². The van der Waals surface area contributed by atoms with Crippen LogP contribution in [0.15, 0.2) is 59.9 Å². The molecule has 0 aliphatic carbocycles. The fourth-order valence-electron chi connectivity index (χ4n) is 3.60. The van der Waals surface area contributed by atoms with Crippen molar-refractivity contribution >= 4 is 33.3 Å². The third kappa shape index (κ3) is 2.94. The average Bonchev–Trinajstić information content (AvgIpc) is 3.57. The summed E-state index contributed by atoms with van der Waals surface area (Å²) in [7, 11) is 1.62. The van der Waals surface area contributed by atoms with Crippen molar-refractivity contribution in [1.29, 1.82) is 0 Å². The molecule has 0 aliphatic rings.